The number of hydrogen-bond acceptors (Lipinski definition) is 4. The molecule has 0 aliphatic carbocycles. The second-order valence-corrected chi connectivity index (χ2v) is 4.20. The molecule has 18 heavy (non-hydrogen) atoms. The zero-order valence-corrected chi connectivity index (χ0v) is 10.4. The molecule has 1 unspecified atom stereocenters. The molecule has 2 aromatic heterocycles. The molecular weight excluding hydrogens is 232 g/mol. The van der Waals surface area contributed by atoms with E-state index in [4.69, 9.17) is 5.11 Å². The first-order valence-electron chi connectivity index (χ1n) is 5.90. The molecule has 0 aliphatic rings. The fraction of sp³-hybridized carbons (Fsp3) is 0.417. The number of anilines is 1. The molecular formula is C12H16N4O2. The highest BCUT2D eigenvalue weighted by Gasteiger charge is 2.16. The fourth-order valence-electron chi connectivity index (χ4n) is 1.77. The standard InChI is InChI=1S/C12H16N4O2/c1-3-15(8-9(2)12(17)18)10-5-7-16-11(14-10)4-6-13-16/h4-7,9H,3,8H2,1-2H3,(H,17,18). The molecule has 1 N–H and O–H groups in total. The summed E-state index contributed by atoms with van der Waals surface area (Å²) in [5.74, 6) is -0.439. The Balaban J connectivity index is 2.23. The molecule has 96 valence electrons. The van der Waals surface area contributed by atoms with Crippen LogP contribution in [-0.2, 0) is 4.79 Å². The van der Waals surface area contributed by atoms with Crippen molar-refractivity contribution < 1.29 is 9.90 Å². The normalized spacial score (nSPS) is 12.6. The largest absolute Gasteiger partial charge is 0.481 e. The quantitative estimate of drug-likeness (QED) is 0.863. The van der Waals surface area contributed by atoms with Crippen LogP contribution >= 0.6 is 0 Å². The summed E-state index contributed by atoms with van der Waals surface area (Å²) in [5, 5.41) is 13.0. The van der Waals surface area contributed by atoms with Crippen LogP contribution in [0.2, 0.25) is 0 Å². The lowest BCUT2D eigenvalue weighted by Crippen LogP contribution is -2.32. The van der Waals surface area contributed by atoms with E-state index in [1.165, 1.54) is 0 Å². The van der Waals surface area contributed by atoms with Crippen molar-refractivity contribution in [2.75, 3.05) is 18.0 Å². The number of nitrogens with zero attached hydrogens (tertiary/aromatic N) is 4. The lowest BCUT2D eigenvalue weighted by atomic mass is 10.1. The maximum atomic E-state index is 10.9. The van der Waals surface area contributed by atoms with Gasteiger partial charge in [0.1, 0.15) is 5.82 Å². The fourth-order valence-corrected chi connectivity index (χ4v) is 1.77. The van der Waals surface area contributed by atoms with Gasteiger partial charge in [-0.3, -0.25) is 4.79 Å². The zero-order chi connectivity index (χ0) is 13.1. The third kappa shape index (κ3) is 2.42. The molecule has 0 bridgehead atoms. The predicted molar refractivity (Wildman–Crippen MR) is 67.7 cm³/mol. The summed E-state index contributed by atoms with van der Waals surface area (Å²) in [4.78, 5) is 17.3. The van der Waals surface area contributed by atoms with E-state index >= 15 is 0 Å². The van der Waals surface area contributed by atoms with Gasteiger partial charge in [-0.05, 0) is 13.0 Å². The van der Waals surface area contributed by atoms with Gasteiger partial charge in [0.15, 0.2) is 5.65 Å². The van der Waals surface area contributed by atoms with Crippen molar-refractivity contribution in [3.05, 3.63) is 24.5 Å². The smallest absolute Gasteiger partial charge is 0.308 e. The summed E-state index contributed by atoms with van der Waals surface area (Å²) in [7, 11) is 0. The number of fused-ring (bicyclic) bond motifs is 1. The second-order valence-electron chi connectivity index (χ2n) is 4.20. The summed E-state index contributed by atoms with van der Waals surface area (Å²) < 4.78 is 1.68. The zero-order valence-electron chi connectivity index (χ0n) is 10.4. The molecule has 0 spiro atoms. The molecule has 0 fully saturated rings. The second kappa shape index (κ2) is 5.03. The monoisotopic (exact) mass is 248 g/mol. The van der Waals surface area contributed by atoms with Crippen LogP contribution in [-0.4, -0.2) is 38.8 Å². The molecule has 0 radical (unpaired) electrons. The van der Waals surface area contributed by atoms with Crippen molar-refractivity contribution >= 4 is 17.4 Å². The van der Waals surface area contributed by atoms with Crippen molar-refractivity contribution in [2.24, 2.45) is 5.92 Å². The van der Waals surface area contributed by atoms with E-state index < -0.39 is 11.9 Å². The number of rotatable bonds is 5. The molecule has 0 aromatic carbocycles. The van der Waals surface area contributed by atoms with Crippen LogP contribution < -0.4 is 4.90 Å². The van der Waals surface area contributed by atoms with Crippen LogP contribution in [0.3, 0.4) is 0 Å². The van der Waals surface area contributed by atoms with E-state index in [1.807, 2.05) is 30.2 Å². The Hall–Kier alpha value is -2.11. The van der Waals surface area contributed by atoms with E-state index in [-0.39, 0.29) is 0 Å². The van der Waals surface area contributed by atoms with Crippen LogP contribution in [0.15, 0.2) is 24.5 Å². The number of aliphatic carboxylic acids is 1. The van der Waals surface area contributed by atoms with Crippen molar-refractivity contribution in [3.63, 3.8) is 0 Å². The number of carboxylic acids is 1. The van der Waals surface area contributed by atoms with Gasteiger partial charge in [-0.2, -0.15) is 5.10 Å². The van der Waals surface area contributed by atoms with Gasteiger partial charge in [-0.1, -0.05) is 6.92 Å². The Morgan fingerprint density at radius 2 is 2.33 bits per heavy atom. The number of carboxylic acid groups (broad SMARTS) is 1. The molecule has 2 aromatic rings. The van der Waals surface area contributed by atoms with Crippen LogP contribution in [0.4, 0.5) is 5.82 Å². The van der Waals surface area contributed by atoms with Crippen molar-refractivity contribution in [3.8, 4) is 0 Å². The Kier molecular flexibility index (Phi) is 3.45. The average molecular weight is 248 g/mol. The van der Waals surface area contributed by atoms with Crippen LogP contribution in [0.5, 0.6) is 0 Å². The predicted octanol–water partition coefficient (Wildman–Crippen LogP) is 1.28. The summed E-state index contributed by atoms with van der Waals surface area (Å²) in [6.07, 6.45) is 3.51. The van der Waals surface area contributed by atoms with Gasteiger partial charge in [0.25, 0.3) is 0 Å². The molecule has 0 saturated carbocycles. The van der Waals surface area contributed by atoms with Gasteiger partial charge < -0.3 is 10.0 Å². The van der Waals surface area contributed by atoms with Crippen LogP contribution in [0, 0.1) is 5.92 Å². The third-order valence-corrected chi connectivity index (χ3v) is 2.86. The minimum Gasteiger partial charge on any atom is -0.481 e. The first kappa shape index (κ1) is 12.3. The minimum atomic E-state index is -0.793. The Bertz CT molecular complexity index is 552. The van der Waals surface area contributed by atoms with Gasteiger partial charge in [0.2, 0.25) is 0 Å². The molecule has 6 heteroatoms. The first-order valence-corrected chi connectivity index (χ1v) is 5.90. The van der Waals surface area contributed by atoms with Crippen molar-refractivity contribution in [1.29, 1.82) is 0 Å². The first-order chi connectivity index (χ1) is 8.61. The number of carbonyl (C=O) groups is 1. The van der Waals surface area contributed by atoms with Gasteiger partial charge in [0.05, 0.1) is 12.1 Å². The highest BCUT2D eigenvalue weighted by Crippen LogP contribution is 2.13. The Labute approximate surface area is 105 Å². The summed E-state index contributed by atoms with van der Waals surface area (Å²) in [6.45, 7) is 4.84. The molecule has 6 nitrogen and oxygen atoms in total. The summed E-state index contributed by atoms with van der Waals surface area (Å²) >= 11 is 0. The lowest BCUT2D eigenvalue weighted by molar-refractivity contribution is -0.140. The highest BCUT2D eigenvalue weighted by atomic mass is 16.4. The van der Waals surface area contributed by atoms with Crippen LogP contribution in [0.25, 0.3) is 5.65 Å². The minimum absolute atomic E-state index is 0.423. The molecule has 1 atom stereocenters. The van der Waals surface area contributed by atoms with Gasteiger partial charge in [-0.15, -0.1) is 0 Å². The summed E-state index contributed by atoms with van der Waals surface area (Å²) in [5.41, 5.74) is 0.758. The van der Waals surface area contributed by atoms with Crippen LogP contribution in [0.1, 0.15) is 13.8 Å². The number of hydrogen-bond donors (Lipinski definition) is 1. The maximum absolute atomic E-state index is 10.9. The van der Waals surface area contributed by atoms with E-state index in [0.717, 1.165) is 18.0 Å². The Morgan fingerprint density at radius 1 is 1.56 bits per heavy atom. The average Bonchev–Trinajstić information content (AvgIpc) is 2.82. The van der Waals surface area contributed by atoms with Crippen molar-refractivity contribution in [2.45, 2.75) is 13.8 Å². The van der Waals surface area contributed by atoms with Gasteiger partial charge in [-0.25, -0.2) is 9.50 Å². The SMILES string of the molecule is CCN(CC(C)C(=O)O)c1ccn2nccc2n1. The van der Waals surface area contributed by atoms with Gasteiger partial charge in [0, 0.05) is 25.4 Å². The maximum Gasteiger partial charge on any atom is 0.308 e. The van der Waals surface area contributed by atoms with E-state index in [9.17, 15) is 4.79 Å². The molecule has 0 aliphatic heterocycles. The molecule has 2 rings (SSSR count). The van der Waals surface area contributed by atoms with E-state index in [2.05, 4.69) is 10.1 Å². The molecule has 0 saturated heterocycles. The van der Waals surface area contributed by atoms with E-state index in [0.29, 0.717) is 6.54 Å². The van der Waals surface area contributed by atoms with E-state index in [1.54, 1.807) is 17.6 Å². The number of aromatic nitrogens is 3. The topological polar surface area (TPSA) is 70.7 Å². The Morgan fingerprint density at radius 3 is 3.00 bits per heavy atom. The van der Waals surface area contributed by atoms with Crippen molar-refractivity contribution in [1.82, 2.24) is 14.6 Å². The molecule has 0 amide bonds. The lowest BCUT2D eigenvalue weighted by Gasteiger charge is -2.23. The summed E-state index contributed by atoms with van der Waals surface area (Å²) in [6, 6.07) is 3.66. The third-order valence-electron chi connectivity index (χ3n) is 2.86. The highest BCUT2D eigenvalue weighted by molar-refractivity contribution is 5.70. The molecule has 2 heterocycles. The van der Waals surface area contributed by atoms with Gasteiger partial charge >= 0.3 is 5.97 Å².